The summed E-state index contributed by atoms with van der Waals surface area (Å²) in [5.41, 5.74) is 2.10. The first-order chi connectivity index (χ1) is 12.8. The lowest BCUT2D eigenvalue weighted by atomic mass is 10.1. The van der Waals surface area contributed by atoms with Crippen LogP contribution < -0.4 is 20.0 Å². The lowest BCUT2D eigenvalue weighted by Crippen LogP contribution is -2.22. The van der Waals surface area contributed by atoms with E-state index in [2.05, 4.69) is 42.3 Å². The highest BCUT2D eigenvalue weighted by Crippen LogP contribution is 2.47. The van der Waals surface area contributed by atoms with Gasteiger partial charge in [-0.25, -0.2) is 0 Å². The second kappa shape index (κ2) is 5.81. The van der Waals surface area contributed by atoms with Gasteiger partial charge in [-0.15, -0.1) is 0 Å². The zero-order valence-corrected chi connectivity index (χ0v) is 14.3. The van der Waals surface area contributed by atoms with Crippen LogP contribution in [0, 0.1) is 0 Å². The molecule has 1 aliphatic heterocycles. The summed E-state index contributed by atoms with van der Waals surface area (Å²) in [4.78, 5) is 3.53. The van der Waals surface area contributed by atoms with Crippen LogP contribution >= 0.6 is 0 Å². The van der Waals surface area contributed by atoms with Crippen LogP contribution in [-0.4, -0.2) is 4.98 Å². The van der Waals surface area contributed by atoms with Gasteiger partial charge in [-0.1, -0.05) is 48.5 Å². The van der Waals surface area contributed by atoms with Gasteiger partial charge >= 0.3 is 0 Å². The Labute approximate surface area is 150 Å². The number of fused-ring (bicyclic) bond motifs is 4. The van der Waals surface area contributed by atoms with E-state index < -0.39 is 0 Å². The number of aromatic amines is 1. The molecular formula is C23H17NO2. The lowest BCUT2D eigenvalue weighted by molar-refractivity contribution is 0.362. The number of benzene rings is 3. The van der Waals surface area contributed by atoms with E-state index in [0.717, 1.165) is 50.0 Å². The van der Waals surface area contributed by atoms with E-state index in [4.69, 9.17) is 9.47 Å². The van der Waals surface area contributed by atoms with Gasteiger partial charge in [0.05, 0.1) is 5.52 Å². The van der Waals surface area contributed by atoms with Gasteiger partial charge in [0.1, 0.15) is 0 Å². The summed E-state index contributed by atoms with van der Waals surface area (Å²) in [7, 11) is 0. The number of H-pyrrole nitrogens is 1. The summed E-state index contributed by atoms with van der Waals surface area (Å²) in [5.74, 6) is 2.94. The van der Waals surface area contributed by atoms with Crippen LogP contribution in [0.1, 0.15) is 12.5 Å². The number of hydrogen-bond donors (Lipinski definition) is 1. The second-order valence-electron chi connectivity index (χ2n) is 6.26. The van der Waals surface area contributed by atoms with Crippen molar-refractivity contribution < 1.29 is 9.47 Å². The van der Waals surface area contributed by atoms with Gasteiger partial charge < -0.3 is 14.5 Å². The lowest BCUT2D eigenvalue weighted by Gasteiger charge is -2.20. The molecule has 0 bridgehead atoms. The third kappa shape index (κ3) is 2.29. The zero-order valence-electron chi connectivity index (χ0n) is 14.3. The highest BCUT2D eigenvalue weighted by atomic mass is 16.6. The van der Waals surface area contributed by atoms with Crippen LogP contribution in [0.4, 0.5) is 0 Å². The molecule has 3 heteroatoms. The predicted molar refractivity (Wildman–Crippen MR) is 104 cm³/mol. The molecule has 0 spiro atoms. The van der Waals surface area contributed by atoms with Crippen LogP contribution in [0.15, 0.2) is 66.7 Å². The van der Waals surface area contributed by atoms with Gasteiger partial charge in [0, 0.05) is 16.0 Å². The molecule has 0 unspecified atom stereocenters. The first-order valence-electron chi connectivity index (χ1n) is 8.66. The van der Waals surface area contributed by atoms with E-state index in [1.807, 2.05) is 48.5 Å². The van der Waals surface area contributed by atoms with E-state index in [-0.39, 0.29) is 0 Å². The molecule has 3 aromatic carbocycles. The first kappa shape index (κ1) is 14.8. The SMILES string of the molecule is C/C=c1\c(=C/c2ccccc2)[nH]c2c3c(ccc12)Oc1ccccc1O3. The quantitative estimate of drug-likeness (QED) is 0.480. The Morgan fingerprint density at radius 3 is 2.27 bits per heavy atom. The van der Waals surface area contributed by atoms with Crippen molar-refractivity contribution >= 4 is 23.1 Å². The average Bonchev–Trinajstić information content (AvgIpc) is 3.04. The summed E-state index contributed by atoms with van der Waals surface area (Å²) in [5, 5.41) is 3.34. The van der Waals surface area contributed by atoms with Gasteiger partial charge in [0.2, 0.25) is 0 Å². The topological polar surface area (TPSA) is 34.2 Å². The van der Waals surface area contributed by atoms with Crippen molar-refractivity contribution in [2.75, 3.05) is 0 Å². The summed E-state index contributed by atoms with van der Waals surface area (Å²) in [6.45, 7) is 2.05. The van der Waals surface area contributed by atoms with Gasteiger partial charge in [0.25, 0.3) is 0 Å². The molecule has 1 aliphatic rings. The van der Waals surface area contributed by atoms with Gasteiger partial charge in [-0.2, -0.15) is 0 Å². The number of hydrogen-bond acceptors (Lipinski definition) is 2. The van der Waals surface area contributed by atoms with Crippen molar-refractivity contribution in [2.24, 2.45) is 0 Å². The molecule has 0 saturated carbocycles. The molecule has 5 rings (SSSR count). The molecular weight excluding hydrogens is 322 g/mol. The molecule has 0 aliphatic carbocycles. The summed E-state index contributed by atoms with van der Waals surface area (Å²) >= 11 is 0. The summed E-state index contributed by atoms with van der Waals surface area (Å²) in [6, 6.07) is 22.1. The normalized spacial score (nSPS) is 13.9. The number of aromatic nitrogens is 1. The Hall–Kier alpha value is -3.46. The zero-order chi connectivity index (χ0) is 17.5. The van der Waals surface area contributed by atoms with Crippen LogP contribution in [0.2, 0.25) is 0 Å². The third-order valence-electron chi connectivity index (χ3n) is 4.64. The van der Waals surface area contributed by atoms with E-state index >= 15 is 0 Å². The highest BCUT2D eigenvalue weighted by molar-refractivity contribution is 5.90. The van der Waals surface area contributed by atoms with Crippen LogP contribution in [-0.2, 0) is 0 Å². The fraction of sp³-hybridized carbons (Fsp3) is 0.0435. The smallest absolute Gasteiger partial charge is 0.194 e. The Bertz CT molecular complexity index is 1240. The molecule has 1 N–H and O–H groups in total. The average molecular weight is 339 g/mol. The van der Waals surface area contributed by atoms with Crippen molar-refractivity contribution in [3.63, 3.8) is 0 Å². The largest absolute Gasteiger partial charge is 0.449 e. The first-order valence-corrected chi connectivity index (χ1v) is 8.66. The molecule has 2 heterocycles. The Balaban J connectivity index is 1.76. The maximum Gasteiger partial charge on any atom is 0.194 e. The van der Waals surface area contributed by atoms with Gasteiger partial charge in [0.15, 0.2) is 23.0 Å². The van der Waals surface area contributed by atoms with Crippen molar-refractivity contribution in [3.05, 3.63) is 82.9 Å². The van der Waals surface area contributed by atoms with Crippen LogP contribution in [0.3, 0.4) is 0 Å². The molecule has 0 fully saturated rings. The molecule has 0 atom stereocenters. The molecule has 0 saturated heterocycles. The number of nitrogens with one attached hydrogen (secondary N) is 1. The molecule has 1 aromatic heterocycles. The maximum atomic E-state index is 6.17. The van der Waals surface area contributed by atoms with Gasteiger partial charge in [-0.05, 0) is 42.8 Å². The Kier molecular flexibility index (Phi) is 3.32. The van der Waals surface area contributed by atoms with Crippen LogP contribution in [0.25, 0.3) is 23.1 Å². The molecule has 126 valence electrons. The number of rotatable bonds is 1. The van der Waals surface area contributed by atoms with Gasteiger partial charge in [-0.3, -0.25) is 0 Å². The minimum atomic E-state index is 0.728. The summed E-state index contributed by atoms with van der Waals surface area (Å²) < 4.78 is 12.2. The summed E-state index contributed by atoms with van der Waals surface area (Å²) in [6.07, 6.45) is 4.27. The fourth-order valence-corrected chi connectivity index (χ4v) is 3.43. The minimum absolute atomic E-state index is 0.728. The van der Waals surface area contributed by atoms with Crippen LogP contribution in [0.5, 0.6) is 23.0 Å². The highest BCUT2D eigenvalue weighted by Gasteiger charge is 2.21. The standard InChI is InChI=1S/C23H17NO2/c1-2-16-17-12-13-21-23(26-20-11-7-6-10-19(20)25-21)22(17)24-18(16)14-15-8-4-3-5-9-15/h2-14,24H,1H3/b16-2-,18-14+. The van der Waals surface area contributed by atoms with Crippen molar-refractivity contribution in [2.45, 2.75) is 6.92 Å². The Morgan fingerprint density at radius 1 is 0.769 bits per heavy atom. The molecule has 0 radical (unpaired) electrons. The second-order valence-corrected chi connectivity index (χ2v) is 6.26. The van der Waals surface area contributed by atoms with E-state index in [1.54, 1.807) is 0 Å². The molecule has 0 amide bonds. The Morgan fingerprint density at radius 2 is 1.50 bits per heavy atom. The van der Waals surface area contributed by atoms with E-state index in [0.29, 0.717) is 0 Å². The third-order valence-corrected chi connectivity index (χ3v) is 4.64. The predicted octanol–water partition coefficient (Wildman–Crippen LogP) is 4.70. The number of para-hydroxylation sites is 2. The van der Waals surface area contributed by atoms with Crippen molar-refractivity contribution in [3.8, 4) is 23.0 Å². The number of ether oxygens (including phenoxy) is 2. The van der Waals surface area contributed by atoms with Crippen molar-refractivity contribution in [1.29, 1.82) is 0 Å². The maximum absolute atomic E-state index is 6.17. The molecule has 4 aromatic rings. The van der Waals surface area contributed by atoms with E-state index in [9.17, 15) is 0 Å². The fourth-order valence-electron chi connectivity index (χ4n) is 3.43. The van der Waals surface area contributed by atoms with Crippen molar-refractivity contribution in [1.82, 2.24) is 4.98 Å². The molecule has 26 heavy (non-hydrogen) atoms. The molecule has 3 nitrogen and oxygen atoms in total. The minimum Gasteiger partial charge on any atom is -0.449 e. The monoisotopic (exact) mass is 339 g/mol. The van der Waals surface area contributed by atoms with E-state index in [1.165, 1.54) is 0 Å².